The van der Waals surface area contributed by atoms with Gasteiger partial charge in [0.2, 0.25) is 0 Å². The number of ether oxygens (including phenoxy) is 1. The van der Waals surface area contributed by atoms with Crippen molar-refractivity contribution in [3.63, 3.8) is 0 Å². The molecule has 9 heteroatoms. The Kier molecular flexibility index (Phi) is 5.15. The number of pyridine rings is 1. The van der Waals surface area contributed by atoms with E-state index >= 15 is 0 Å². The third kappa shape index (κ3) is 3.27. The molecule has 2 aromatic heterocycles. The van der Waals surface area contributed by atoms with E-state index in [9.17, 15) is 10.2 Å². The van der Waals surface area contributed by atoms with Crippen molar-refractivity contribution >= 4 is 44.3 Å². The summed E-state index contributed by atoms with van der Waals surface area (Å²) in [6, 6.07) is 5.08. The molecule has 3 aromatic rings. The Hall–Kier alpha value is -1.84. The van der Waals surface area contributed by atoms with Crippen LogP contribution in [0.1, 0.15) is 23.6 Å². The highest BCUT2D eigenvalue weighted by atomic mass is 79.9. The molecule has 0 radical (unpaired) electrons. The first kappa shape index (κ1) is 20.1. The molecule has 0 bridgehead atoms. The zero-order valence-electron chi connectivity index (χ0n) is 16.1. The third-order valence-electron chi connectivity index (χ3n) is 6.07. The van der Waals surface area contributed by atoms with Crippen LogP contribution < -0.4 is 15.8 Å². The van der Waals surface area contributed by atoms with Crippen molar-refractivity contribution in [2.45, 2.75) is 43.7 Å². The van der Waals surface area contributed by atoms with Gasteiger partial charge in [0.15, 0.2) is 0 Å². The SMILES string of the molecule is Nc1ccnc2c1c(Br)cn2[C@@H]1C[C@H](Oc2cc(Cl)cc3c2CNCC3)[C@@H](O)[C@H]1O. The summed E-state index contributed by atoms with van der Waals surface area (Å²) >= 11 is 9.83. The summed E-state index contributed by atoms with van der Waals surface area (Å²) < 4.78 is 8.89. The number of rotatable bonds is 3. The Morgan fingerprint density at radius 1 is 1.30 bits per heavy atom. The molecule has 2 aliphatic rings. The molecule has 0 unspecified atom stereocenters. The highest BCUT2D eigenvalue weighted by Gasteiger charge is 2.45. The summed E-state index contributed by atoms with van der Waals surface area (Å²) in [6.07, 6.45) is 2.16. The van der Waals surface area contributed by atoms with Crippen LogP contribution in [0.4, 0.5) is 5.69 Å². The summed E-state index contributed by atoms with van der Waals surface area (Å²) in [6.45, 7) is 1.58. The zero-order chi connectivity index (χ0) is 21.0. The first-order valence-corrected chi connectivity index (χ1v) is 11.1. The quantitative estimate of drug-likeness (QED) is 0.447. The number of aliphatic hydroxyl groups is 2. The van der Waals surface area contributed by atoms with Gasteiger partial charge in [-0.2, -0.15) is 0 Å². The number of hydrogen-bond acceptors (Lipinski definition) is 6. The molecule has 158 valence electrons. The van der Waals surface area contributed by atoms with E-state index in [0.717, 1.165) is 34.0 Å². The molecule has 5 rings (SSSR count). The minimum atomic E-state index is -1.04. The number of halogens is 2. The summed E-state index contributed by atoms with van der Waals surface area (Å²) in [7, 11) is 0. The Morgan fingerprint density at radius 3 is 2.97 bits per heavy atom. The van der Waals surface area contributed by atoms with Gasteiger partial charge >= 0.3 is 0 Å². The van der Waals surface area contributed by atoms with E-state index in [-0.39, 0.29) is 0 Å². The lowest BCUT2D eigenvalue weighted by molar-refractivity contribution is -0.0166. The van der Waals surface area contributed by atoms with E-state index < -0.39 is 24.4 Å². The van der Waals surface area contributed by atoms with Crippen LogP contribution in [0.3, 0.4) is 0 Å². The summed E-state index contributed by atoms with van der Waals surface area (Å²) in [4.78, 5) is 4.44. The largest absolute Gasteiger partial charge is 0.487 e. The first-order valence-electron chi connectivity index (χ1n) is 9.89. The van der Waals surface area contributed by atoms with Crippen LogP contribution in [0.2, 0.25) is 5.02 Å². The monoisotopic (exact) mass is 492 g/mol. The third-order valence-corrected chi connectivity index (χ3v) is 6.89. The van der Waals surface area contributed by atoms with Gasteiger partial charge in [-0.15, -0.1) is 0 Å². The maximum Gasteiger partial charge on any atom is 0.143 e. The predicted molar refractivity (Wildman–Crippen MR) is 119 cm³/mol. The van der Waals surface area contributed by atoms with Crippen LogP contribution in [0.5, 0.6) is 5.75 Å². The lowest BCUT2D eigenvalue weighted by Gasteiger charge is -2.24. The molecule has 1 fully saturated rings. The van der Waals surface area contributed by atoms with Gasteiger partial charge in [-0.3, -0.25) is 0 Å². The minimum absolute atomic E-state index is 0.402. The summed E-state index contributed by atoms with van der Waals surface area (Å²) in [5.41, 5.74) is 9.57. The van der Waals surface area contributed by atoms with E-state index in [2.05, 4.69) is 26.2 Å². The number of hydrogen-bond donors (Lipinski definition) is 4. The van der Waals surface area contributed by atoms with Crippen LogP contribution in [0, 0.1) is 0 Å². The standard InChI is InChI=1S/C21H22BrClN4O3/c22-13-9-27(21-18(13)14(24)2-4-26-21)15-7-17(20(29)19(15)28)30-16-6-11(23)5-10-1-3-25-8-12(10)16/h2,4-6,9,15,17,19-20,25,28-29H,1,3,7-8H2,(H2,24,26)/t15-,17+,19+,20-/m1/s1. The lowest BCUT2D eigenvalue weighted by Crippen LogP contribution is -2.34. The smallest absolute Gasteiger partial charge is 0.143 e. The average Bonchev–Trinajstić information content (AvgIpc) is 3.20. The number of aromatic nitrogens is 2. The normalized spacial score (nSPS) is 26.1. The molecule has 1 saturated carbocycles. The van der Waals surface area contributed by atoms with Crippen molar-refractivity contribution in [2.24, 2.45) is 0 Å². The molecular weight excluding hydrogens is 472 g/mol. The number of benzene rings is 1. The number of nitrogen functional groups attached to an aromatic ring is 1. The summed E-state index contributed by atoms with van der Waals surface area (Å²) in [5.74, 6) is 0.655. The Bertz CT molecular complexity index is 1120. The van der Waals surface area contributed by atoms with Crippen LogP contribution >= 0.6 is 27.5 Å². The van der Waals surface area contributed by atoms with Gasteiger partial charge in [0, 0.05) is 46.1 Å². The molecule has 5 N–H and O–H groups in total. The molecule has 0 amide bonds. The van der Waals surface area contributed by atoms with Crippen molar-refractivity contribution in [1.29, 1.82) is 0 Å². The van der Waals surface area contributed by atoms with E-state index in [1.54, 1.807) is 18.3 Å². The number of nitrogens with zero attached hydrogens (tertiary/aromatic N) is 2. The van der Waals surface area contributed by atoms with Gasteiger partial charge in [0.05, 0.1) is 11.4 Å². The summed E-state index contributed by atoms with van der Waals surface area (Å²) in [5, 5.41) is 26.3. The van der Waals surface area contributed by atoms with E-state index in [0.29, 0.717) is 35.1 Å². The van der Waals surface area contributed by atoms with E-state index in [1.807, 2.05) is 16.8 Å². The molecular formula is C21H22BrClN4O3. The van der Waals surface area contributed by atoms with Gasteiger partial charge in [0.25, 0.3) is 0 Å². The number of aliphatic hydroxyl groups excluding tert-OH is 2. The number of fused-ring (bicyclic) bond motifs is 2. The number of anilines is 1. The van der Waals surface area contributed by atoms with Gasteiger partial charge in [-0.05, 0) is 52.7 Å². The average molecular weight is 494 g/mol. The van der Waals surface area contributed by atoms with Crippen LogP contribution in [0.25, 0.3) is 11.0 Å². The zero-order valence-corrected chi connectivity index (χ0v) is 18.4. The molecule has 0 saturated heterocycles. The van der Waals surface area contributed by atoms with Crippen molar-refractivity contribution in [3.05, 3.63) is 51.2 Å². The molecule has 4 atom stereocenters. The second-order valence-corrected chi connectivity index (χ2v) is 9.18. The Morgan fingerprint density at radius 2 is 2.13 bits per heavy atom. The van der Waals surface area contributed by atoms with Crippen molar-refractivity contribution in [2.75, 3.05) is 12.3 Å². The molecule has 1 aliphatic carbocycles. The lowest BCUT2D eigenvalue weighted by atomic mass is 10.00. The van der Waals surface area contributed by atoms with Crippen molar-refractivity contribution < 1.29 is 14.9 Å². The number of nitrogens with one attached hydrogen (secondary N) is 1. The van der Waals surface area contributed by atoms with E-state index in [4.69, 9.17) is 22.1 Å². The second-order valence-electron chi connectivity index (χ2n) is 7.89. The highest BCUT2D eigenvalue weighted by Crippen LogP contribution is 2.40. The molecule has 1 aromatic carbocycles. The maximum atomic E-state index is 10.8. The minimum Gasteiger partial charge on any atom is -0.487 e. The molecule has 7 nitrogen and oxygen atoms in total. The van der Waals surface area contributed by atoms with Crippen LogP contribution in [-0.4, -0.2) is 44.6 Å². The highest BCUT2D eigenvalue weighted by molar-refractivity contribution is 9.10. The molecule has 30 heavy (non-hydrogen) atoms. The second kappa shape index (κ2) is 7.69. The molecule has 0 spiro atoms. The predicted octanol–water partition coefficient (Wildman–Crippen LogP) is 2.79. The van der Waals surface area contributed by atoms with Gasteiger partial charge in [-0.1, -0.05) is 11.6 Å². The van der Waals surface area contributed by atoms with Gasteiger partial charge < -0.3 is 30.6 Å². The molecule has 1 aliphatic heterocycles. The fourth-order valence-corrected chi connectivity index (χ4v) is 5.42. The number of nitrogens with two attached hydrogens (primary N) is 1. The fourth-order valence-electron chi connectivity index (χ4n) is 4.56. The fraction of sp³-hybridized carbons (Fsp3) is 0.381. The van der Waals surface area contributed by atoms with Gasteiger partial charge in [0.1, 0.15) is 29.7 Å². The Labute approximate surface area is 186 Å². The topological polar surface area (TPSA) is 106 Å². The Balaban J connectivity index is 1.47. The van der Waals surface area contributed by atoms with Crippen molar-refractivity contribution in [3.8, 4) is 5.75 Å². The van der Waals surface area contributed by atoms with Crippen LogP contribution in [-0.2, 0) is 13.0 Å². The van der Waals surface area contributed by atoms with Gasteiger partial charge in [-0.25, -0.2) is 4.98 Å². The maximum absolute atomic E-state index is 10.8. The van der Waals surface area contributed by atoms with E-state index in [1.165, 1.54) is 0 Å². The molecule has 3 heterocycles. The first-order chi connectivity index (χ1) is 14.4. The van der Waals surface area contributed by atoms with Crippen molar-refractivity contribution in [1.82, 2.24) is 14.9 Å². The van der Waals surface area contributed by atoms with Crippen LogP contribution in [0.15, 0.2) is 35.1 Å².